The first-order valence-electron chi connectivity index (χ1n) is 10.2. The molecule has 3 aromatic rings. The van der Waals surface area contributed by atoms with Crippen LogP contribution >= 0.6 is 0 Å². The first-order valence-corrected chi connectivity index (χ1v) is 10.2. The van der Waals surface area contributed by atoms with Crippen molar-refractivity contribution < 1.29 is 34.3 Å². The van der Waals surface area contributed by atoms with Crippen LogP contribution in [0.25, 0.3) is 22.3 Å². The number of hydrogen-bond donors (Lipinski definition) is 4. The highest BCUT2D eigenvalue weighted by Gasteiger charge is 2.47. The predicted molar refractivity (Wildman–Crippen MR) is 112 cm³/mol. The minimum Gasteiger partial charge on any atom is -0.508 e. The fourth-order valence-electron chi connectivity index (χ4n) is 4.03. The molecular weight excluding hydrogens is 404 g/mol. The average Bonchev–Trinajstić information content (AvgIpc) is 3.14. The third kappa shape index (κ3) is 3.52. The maximum Gasteiger partial charge on any atom is 0.197 e. The molecule has 2 aliphatic rings. The minimum absolute atomic E-state index is 0.0141. The molecule has 4 N–H and O–H groups in total. The molecule has 2 aliphatic heterocycles. The van der Waals surface area contributed by atoms with Crippen molar-refractivity contribution in [3.63, 3.8) is 0 Å². The smallest absolute Gasteiger partial charge is 0.197 e. The number of ether oxygens (including phenoxy) is 2. The number of hydrogen-bond acceptors (Lipinski definition) is 8. The average molecular weight is 428 g/mol. The molecule has 0 bridgehead atoms. The summed E-state index contributed by atoms with van der Waals surface area (Å²) in [5.74, 6) is 0.283. The number of phenolic OH excluding ortho intramolecular Hbond substituents is 2. The van der Waals surface area contributed by atoms with Gasteiger partial charge in [-0.2, -0.15) is 0 Å². The van der Waals surface area contributed by atoms with Crippen molar-refractivity contribution in [2.24, 2.45) is 0 Å². The fraction of sp³-hybridized carbons (Fsp3) is 0.348. The Labute approximate surface area is 177 Å². The second kappa shape index (κ2) is 8.22. The lowest BCUT2D eigenvalue weighted by Gasteiger charge is -2.34. The van der Waals surface area contributed by atoms with E-state index in [0.717, 1.165) is 0 Å². The lowest BCUT2D eigenvalue weighted by atomic mass is 9.94. The third-order valence-electron chi connectivity index (χ3n) is 5.41. The lowest BCUT2D eigenvalue weighted by Crippen LogP contribution is -2.44. The van der Waals surface area contributed by atoms with Gasteiger partial charge in [-0.25, -0.2) is 0 Å². The summed E-state index contributed by atoms with van der Waals surface area (Å²) in [5.41, 5.74) is 0.631. The van der Waals surface area contributed by atoms with Crippen LogP contribution in [0.1, 0.15) is 31.9 Å². The van der Waals surface area contributed by atoms with Crippen molar-refractivity contribution in [1.29, 1.82) is 0 Å². The lowest BCUT2D eigenvalue weighted by molar-refractivity contribution is -0.157. The van der Waals surface area contributed by atoms with Crippen LogP contribution < -0.4 is 10.2 Å². The summed E-state index contributed by atoms with van der Waals surface area (Å²) >= 11 is 0. The van der Waals surface area contributed by atoms with Crippen LogP contribution in [0, 0.1) is 0 Å². The van der Waals surface area contributed by atoms with Crippen LogP contribution in [0.4, 0.5) is 0 Å². The molecule has 0 saturated carbocycles. The topological polar surface area (TPSA) is 130 Å². The van der Waals surface area contributed by atoms with E-state index in [-0.39, 0.29) is 47.0 Å². The van der Waals surface area contributed by atoms with Crippen molar-refractivity contribution in [2.45, 2.75) is 44.7 Å². The second-order valence-corrected chi connectivity index (χ2v) is 7.28. The van der Waals surface area contributed by atoms with Crippen molar-refractivity contribution in [1.82, 2.24) is 0 Å². The van der Waals surface area contributed by atoms with E-state index in [0.29, 0.717) is 11.1 Å². The van der Waals surface area contributed by atoms with E-state index in [1.54, 1.807) is 12.1 Å². The molecule has 0 amide bonds. The molecule has 1 aromatic heterocycles. The van der Waals surface area contributed by atoms with Gasteiger partial charge in [-0.3, -0.25) is 4.79 Å². The van der Waals surface area contributed by atoms with Crippen LogP contribution in [0.2, 0.25) is 0 Å². The summed E-state index contributed by atoms with van der Waals surface area (Å²) in [5, 5.41) is 39.8. The molecular formula is C23H24O8. The second-order valence-electron chi connectivity index (χ2n) is 7.28. The van der Waals surface area contributed by atoms with Gasteiger partial charge in [0.05, 0.1) is 24.4 Å². The molecule has 1 saturated heterocycles. The Kier molecular flexibility index (Phi) is 5.62. The van der Waals surface area contributed by atoms with E-state index in [9.17, 15) is 25.2 Å². The monoisotopic (exact) mass is 428 g/mol. The molecule has 31 heavy (non-hydrogen) atoms. The number of aliphatic hydroxyl groups is 2. The van der Waals surface area contributed by atoms with Crippen molar-refractivity contribution in [3.05, 3.63) is 52.2 Å². The molecule has 3 heterocycles. The molecule has 0 spiro atoms. The number of fused-ring (bicyclic) bond motifs is 5. The van der Waals surface area contributed by atoms with Crippen LogP contribution in [0.5, 0.6) is 17.2 Å². The number of aliphatic hydroxyl groups excluding tert-OH is 2. The van der Waals surface area contributed by atoms with E-state index in [4.69, 9.17) is 13.9 Å². The molecule has 8 heteroatoms. The van der Waals surface area contributed by atoms with Gasteiger partial charge in [0.25, 0.3) is 0 Å². The van der Waals surface area contributed by atoms with Crippen molar-refractivity contribution in [2.75, 3.05) is 6.61 Å². The normalized spacial score (nSPS) is 24.0. The van der Waals surface area contributed by atoms with E-state index in [1.165, 1.54) is 24.3 Å². The Bertz CT molecular complexity index is 1150. The molecule has 0 aliphatic carbocycles. The first kappa shape index (κ1) is 21.2. The van der Waals surface area contributed by atoms with E-state index in [1.807, 2.05) is 13.8 Å². The SMILES string of the molecule is CC.O=c1cc(-c2ccc(O)cc2)oc2c3c(cc(O)c12)OC1C(O)CC(CO)OC31. The van der Waals surface area contributed by atoms with Crippen molar-refractivity contribution in [3.8, 4) is 28.6 Å². The minimum atomic E-state index is -0.887. The van der Waals surface area contributed by atoms with Gasteiger partial charge in [-0.15, -0.1) is 0 Å². The predicted octanol–water partition coefficient (Wildman–Crippen LogP) is 2.84. The zero-order valence-corrected chi connectivity index (χ0v) is 17.1. The van der Waals surface area contributed by atoms with Crippen molar-refractivity contribution >= 4 is 11.0 Å². The Morgan fingerprint density at radius 3 is 2.48 bits per heavy atom. The highest BCUT2D eigenvalue weighted by Crippen LogP contribution is 2.49. The first-order chi connectivity index (χ1) is 15.0. The fourth-order valence-corrected chi connectivity index (χ4v) is 4.03. The van der Waals surface area contributed by atoms with Crippen LogP contribution in [-0.4, -0.2) is 45.3 Å². The van der Waals surface area contributed by atoms with Gasteiger partial charge < -0.3 is 34.3 Å². The Hall–Kier alpha value is -3.07. The number of aromatic hydroxyl groups is 2. The maximum atomic E-state index is 12.8. The number of phenols is 2. The van der Waals surface area contributed by atoms with E-state index in [2.05, 4.69) is 0 Å². The molecule has 164 valence electrons. The summed E-state index contributed by atoms with van der Waals surface area (Å²) in [4.78, 5) is 12.8. The summed E-state index contributed by atoms with van der Waals surface area (Å²) < 4.78 is 17.7. The van der Waals surface area contributed by atoms with Crippen LogP contribution in [0.15, 0.2) is 45.6 Å². The zero-order chi connectivity index (χ0) is 22.3. The van der Waals surface area contributed by atoms with Gasteiger partial charge in [0.2, 0.25) is 0 Å². The Morgan fingerprint density at radius 1 is 1.10 bits per heavy atom. The third-order valence-corrected chi connectivity index (χ3v) is 5.41. The summed E-state index contributed by atoms with van der Waals surface area (Å²) in [7, 11) is 0. The van der Waals surface area contributed by atoms with Gasteiger partial charge >= 0.3 is 0 Å². The Balaban J connectivity index is 0.00000112. The van der Waals surface area contributed by atoms with Gasteiger partial charge in [0.1, 0.15) is 34.5 Å². The van der Waals surface area contributed by atoms with Gasteiger partial charge in [-0.05, 0) is 24.3 Å². The van der Waals surface area contributed by atoms with Gasteiger partial charge in [0, 0.05) is 24.1 Å². The summed E-state index contributed by atoms with van der Waals surface area (Å²) in [6.07, 6.45) is -2.76. The number of benzene rings is 2. The summed E-state index contributed by atoms with van der Waals surface area (Å²) in [6, 6.07) is 8.73. The van der Waals surface area contributed by atoms with Crippen LogP contribution in [0.3, 0.4) is 0 Å². The molecule has 8 nitrogen and oxygen atoms in total. The molecule has 0 radical (unpaired) electrons. The molecule has 4 unspecified atom stereocenters. The molecule has 2 aromatic carbocycles. The molecule has 1 fully saturated rings. The maximum absolute atomic E-state index is 12.8. The Morgan fingerprint density at radius 2 is 1.81 bits per heavy atom. The highest BCUT2D eigenvalue weighted by molar-refractivity contribution is 5.90. The van der Waals surface area contributed by atoms with Gasteiger partial charge in [0.15, 0.2) is 17.1 Å². The van der Waals surface area contributed by atoms with Crippen LogP contribution in [-0.2, 0) is 4.74 Å². The molecule has 4 atom stereocenters. The van der Waals surface area contributed by atoms with E-state index < -0.39 is 29.8 Å². The highest BCUT2D eigenvalue weighted by atomic mass is 16.6. The molecule has 5 rings (SSSR count). The van der Waals surface area contributed by atoms with Gasteiger partial charge in [-0.1, -0.05) is 13.8 Å². The standard InChI is InChI=1S/C21H18O8.C2H6/c22-8-11-5-14(26)19-21(27-11)18-16(29-19)7-13(25)17-12(24)6-15(28-20(17)18)9-1-3-10(23)4-2-9;1-2/h1-4,6-7,11,14,19,21-23,25-26H,5,8H2;1-2H3. The summed E-state index contributed by atoms with van der Waals surface area (Å²) in [6.45, 7) is 3.73. The largest absolute Gasteiger partial charge is 0.508 e. The number of rotatable bonds is 2. The quantitative estimate of drug-likeness (QED) is 0.490. The van der Waals surface area contributed by atoms with E-state index >= 15 is 0 Å². The zero-order valence-electron chi connectivity index (χ0n) is 17.1.